The molecule has 0 radical (unpaired) electrons. The van der Waals surface area contributed by atoms with Gasteiger partial charge in [0.2, 0.25) is 11.8 Å². The number of hydrogen-bond acceptors (Lipinski definition) is 10. The molecule has 1 saturated heterocycles. The van der Waals surface area contributed by atoms with Gasteiger partial charge in [-0.05, 0) is 24.8 Å². The van der Waals surface area contributed by atoms with Crippen LogP contribution >= 0.6 is 0 Å². The third-order valence-electron chi connectivity index (χ3n) is 6.91. The van der Waals surface area contributed by atoms with Crippen molar-refractivity contribution in [3.8, 4) is 0 Å². The van der Waals surface area contributed by atoms with Crippen molar-refractivity contribution in [3.05, 3.63) is 65.6 Å². The number of nitrogens with one attached hydrogen (secondary N) is 4. The van der Waals surface area contributed by atoms with Gasteiger partial charge in [-0.25, -0.2) is 4.98 Å². The average Bonchev–Trinajstić information content (AvgIpc) is 3.33. The van der Waals surface area contributed by atoms with Crippen LogP contribution in [0.1, 0.15) is 54.8 Å². The number of Topliss-reactive ketones (excluding diaryl/α,β-unsaturated/α-hetero) is 1. The number of carbonyl (C=O) groups is 4. The molecule has 230 valence electrons. The second kappa shape index (κ2) is 14.2. The van der Waals surface area contributed by atoms with Crippen molar-refractivity contribution in [3.63, 3.8) is 0 Å². The Bertz CT molecular complexity index is 1390. The number of ketones is 1. The van der Waals surface area contributed by atoms with Gasteiger partial charge >= 0.3 is 0 Å². The van der Waals surface area contributed by atoms with E-state index in [1.54, 1.807) is 6.92 Å². The summed E-state index contributed by atoms with van der Waals surface area (Å²) in [5.41, 5.74) is -0.177. The van der Waals surface area contributed by atoms with Crippen LogP contribution in [-0.2, 0) is 36.7 Å². The molecule has 1 aliphatic heterocycles. The third kappa shape index (κ3) is 8.78. The molecule has 4 rings (SSSR count). The van der Waals surface area contributed by atoms with E-state index in [2.05, 4.69) is 36.3 Å². The molecule has 14 nitrogen and oxygen atoms in total. The minimum Gasteiger partial charge on any atom is -0.382 e. The Morgan fingerprint density at radius 3 is 2.37 bits per heavy atom. The van der Waals surface area contributed by atoms with Crippen LogP contribution in [0.2, 0.25) is 0 Å². The van der Waals surface area contributed by atoms with E-state index in [-0.39, 0.29) is 36.8 Å². The number of hydrogen-bond donors (Lipinski definition) is 4. The highest BCUT2D eigenvalue weighted by Gasteiger charge is 2.50. The van der Waals surface area contributed by atoms with Gasteiger partial charge in [-0.2, -0.15) is 5.10 Å². The summed E-state index contributed by atoms with van der Waals surface area (Å²) in [7, 11) is 1.38. The number of H-pyrrole nitrogens is 1. The predicted octanol–water partition coefficient (Wildman–Crippen LogP) is 0.745. The van der Waals surface area contributed by atoms with E-state index >= 15 is 0 Å². The molecular formula is C29H37N7O7. The van der Waals surface area contributed by atoms with Gasteiger partial charge in [0.15, 0.2) is 11.5 Å². The SMILES string of the molecule is COCC(NC(=O)c1cc(Cc2ncn[nH]2)on1)C(=O)NC(Cc1ccccc1)C(=O)NC(CC(C)C)C(=O)C1(C)CO1. The van der Waals surface area contributed by atoms with Crippen LogP contribution in [0.3, 0.4) is 0 Å². The molecule has 1 aliphatic rings. The minimum atomic E-state index is -1.16. The molecule has 0 spiro atoms. The Balaban J connectivity index is 1.47. The first kappa shape index (κ1) is 31.5. The molecule has 0 aliphatic carbocycles. The Labute approximate surface area is 248 Å². The lowest BCUT2D eigenvalue weighted by molar-refractivity contribution is -0.133. The van der Waals surface area contributed by atoms with Gasteiger partial charge in [0.25, 0.3) is 5.91 Å². The molecule has 1 aromatic carbocycles. The summed E-state index contributed by atoms with van der Waals surface area (Å²) in [4.78, 5) is 57.2. The molecular weight excluding hydrogens is 558 g/mol. The molecule has 2 aromatic heterocycles. The number of amides is 3. The van der Waals surface area contributed by atoms with Gasteiger partial charge in [-0.3, -0.25) is 24.3 Å². The van der Waals surface area contributed by atoms with E-state index in [0.29, 0.717) is 24.6 Å². The minimum absolute atomic E-state index is 0.0483. The quantitative estimate of drug-likeness (QED) is 0.172. The van der Waals surface area contributed by atoms with Gasteiger partial charge < -0.3 is 29.9 Å². The zero-order valence-electron chi connectivity index (χ0n) is 24.6. The zero-order valence-corrected chi connectivity index (χ0v) is 24.6. The second-order valence-corrected chi connectivity index (χ2v) is 11.1. The van der Waals surface area contributed by atoms with Crippen LogP contribution in [0.15, 0.2) is 47.2 Å². The molecule has 4 atom stereocenters. The number of carbonyl (C=O) groups excluding carboxylic acids is 4. The predicted molar refractivity (Wildman–Crippen MR) is 152 cm³/mol. The molecule has 1 fully saturated rings. The zero-order chi connectivity index (χ0) is 31.0. The number of aromatic amines is 1. The Morgan fingerprint density at radius 2 is 1.74 bits per heavy atom. The molecule has 0 bridgehead atoms. The van der Waals surface area contributed by atoms with Crippen molar-refractivity contribution in [1.82, 2.24) is 36.3 Å². The topological polar surface area (TPSA) is 194 Å². The van der Waals surface area contributed by atoms with Gasteiger partial charge in [-0.15, -0.1) is 0 Å². The first-order chi connectivity index (χ1) is 20.6. The molecule has 14 heteroatoms. The van der Waals surface area contributed by atoms with Crippen molar-refractivity contribution in [2.75, 3.05) is 20.3 Å². The summed E-state index contributed by atoms with van der Waals surface area (Å²) in [6, 6.07) is 7.58. The lowest BCUT2D eigenvalue weighted by atomic mass is 9.93. The van der Waals surface area contributed by atoms with Crippen LogP contribution in [-0.4, -0.2) is 87.9 Å². The van der Waals surface area contributed by atoms with Crippen molar-refractivity contribution in [2.45, 2.75) is 63.8 Å². The smallest absolute Gasteiger partial charge is 0.274 e. The summed E-state index contributed by atoms with van der Waals surface area (Å²) in [5.74, 6) is -1.05. The number of methoxy groups -OCH3 is 1. The molecule has 4 unspecified atom stereocenters. The van der Waals surface area contributed by atoms with Gasteiger partial charge in [-0.1, -0.05) is 49.3 Å². The molecule has 3 amide bonds. The van der Waals surface area contributed by atoms with E-state index in [0.717, 1.165) is 5.56 Å². The van der Waals surface area contributed by atoms with Crippen LogP contribution in [0.25, 0.3) is 0 Å². The molecule has 43 heavy (non-hydrogen) atoms. The number of ether oxygens (including phenoxy) is 2. The first-order valence-electron chi connectivity index (χ1n) is 14.0. The number of rotatable bonds is 16. The molecule has 3 aromatic rings. The fourth-order valence-corrected chi connectivity index (χ4v) is 4.49. The summed E-state index contributed by atoms with van der Waals surface area (Å²) in [6.07, 6.45) is 2.15. The van der Waals surface area contributed by atoms with Crippen molar-refractivity contribution >= 4 is 23.5 Å². The average molecular weight is 596 g/mol. The Morgan fingerprint density at radius 1 is 1.05 bits per heavy atom. The van der Waals surface area contributed by atoms with Crippen molar-refractivity contribution in [2.24, 2.45) is 5.92 Å². The standard InChI is InChI=1S/C29H37N7O7/c1-17(2)10-20(25(37)29(3)15-42-29)32-26(38)21(11-18-8-6-5-7-9-18)33-28(40)23(14-41-4)34-27(39)22-12-19(43-36-22)13-24-30-16-31-35-24/h5-9,12,16-17,20-21,23H,10-11,13-15H2,1-4H3,(H,32,38)(H,33,40)(H,34,39)(H,30,31,35). The van der Waals surface area contributed by atoms with Crippen LogP contribution in [0.5, 0.6) is 0 Å². The van der Waals surface area contributed by atoms with Crippen LogP contribution in [0, 0.1) is 5.92 Å². The third-order valence-corrected chi connectivity index (χ3v) is 6.91. The maximum atomic E-state index is 13.6. The van der Waals surface area contributed by atoms with Crippen LogP contribution in [0.4, 0.5) is 0 Å². The van der Waals surface area contributed by atoms with Gasteiger partial charge in [0.1, 0.15) is 35.6 Å². The van der Waals surface area contributed by atoms with Crippen LogP contribution < -0.4 is 16.0 Å². The highest BCUT2D eigenvalue weighted by atomic mass is 16.6. The number of benzene rings is 1. The summed E-state index contributed by atoms with van der Waals surface area (Å²) >= 11 is 0. The maximum Gasteiger partial charge on any atom is 0.274 e. The van der Waals surface area contributed by atoms with Crippen molar-refractivity contribution in [1.29, 1.82) is 0 Å². The first-order valence-corrected chi connectivity index (χ1v) is 14.0. The van der Waals surface area contributed by atoms with Gasteiger partial charge in [0, 0.05) is 19.6 Å². The number of aromatic nitrogens is 4. The Hall–Kier alpha value is -4.43. The monoisotopic (exact) mass is 595 g/mol. The summed E-state index contributed by atoms with van der Waals surface area (Å²) in [6.45, 7) is 5.73. The van der Waals surface area contributed by atoms with E-state index in [4.69, 9.17) is 14.0 Å². The highest BCUT2D eigenvalue weighted by molar-refractivity contribution is 5.99. The van der Waals surface area contributed by atoms with Crippen molar-refractivity contribution < 1.29 is 33.2 Å². The summed E-state index contributed by atoms with van der Waals surface area (Å²) < 4.78 is 15.7. The molecule has 4 N–H and O–H groups in total. The fraction of sp³-hybridized carbons (Fsp3) is 0.483. The lowest BCUT2D eigenvalue weighted by Gasteiger charge is -2.26. The normalized spacial score (nSPS) is 18.0. The molecule has 0 saturated carbocycles. The van der Waals surface area contributed by atoms with E-state index < -0.39 is 41.4 Å². The molecule has 3 heterocycles. The number of epoxide rings is 1. The van der Waals surface area contributed by atoms with E-state index in [1.807, 2.05) is 44.2 Å². The van der Waals surface area contributed by atoms with E-state index in [1.165, 1.54) is 19.5 Å². The largest absolute Gasteiger partial charge is 0.382 e. The van der Waals surface area contributed by atoms with E-state index in [9.17, 15) is 19.2 Å². The second-order valence-electron chi connectivity index (χ2n) is 11.1. The number of nitrogens with zero attached hydrogens (tertiary/aromatic N) is 3. The highest BCUT2D eigenvalue weighted by Crippen LogP contribution is 2.29. The maximum absolute atomic E-state index is 13.6. The summed E-state index contributed by atoms with van der Waals surface area (Å²) in [5, 5.41) is 18.4. The fourth-order valence-electron chi connectivity index (χ4n) is 4.49. The van der Waals surface area contributed by atoms with Gasteiger partial charge in [0.05, 0.1) is 25.7 Å². The lowest BCUT2D eigenvalue weighted by Crippen LogP contribution is -2.58. The Kier molecular flexibility index (Phi) is 10.4.